The maximum Gasteiger partial charge on any atom is 0.0698 e. The molecule has 0 saturated heterocycles. The predicted octanol–water partition coefficient (Wildman–Crippen LogP) is -2.09. The Morgan fingerprint density at radius 3 is 1.27 bits per heavy atom. The van der Waals surface area contributed by atoms with Crippen molar-refractivity contribution in [3.8, 4) is 0 Å². The molecule has 0 aromatic rings. The summed E-state index contributed by atoms with van der Waals surface area (Å²) in [4.78, 5) is 0. The molecule has 0 aliphatic heterocycles. The maximum atomic E-state index is 8.13. The topological polar surface area (TPSA) is 111 Å². The van der Waals surface area contributed by atoms with E-state index in [1.54, 1.807) is 0 Å². The Morgan fingerprint density at radius 1 is 0.733 bits per heavy atom. The average molecular weight is 299 g/mol. The number of ether oxygens (including phenoxy) is 2. The minimum Gasteiger partial charge on any atom is -0.394 e. The van der Waals surface area contributed by atoms with Crippen LogP contribution in [0.15, 0.2) is 0 Å². The van der Waals surface area contributed by atoms with Crippen LogP contribution in [0.1, 0.15) is 0 Å². The van der Waals surface area contributed by atoms with Gasteiger partial charge in [-0.05, 0) is 0 Å². The van der Waals surface area contributed by atoms with E-state index in [1.807, 2.05) is 0 Å². The molecule has 6 N–H and O–H groups in total. The van der Waals surface area contributed by atoms with E-state index in [4.69, 9.17) is 31.2 Å². The second-order valence-electron chi connectivity index (χ2n) is 2.25. The summed E-state index contributed by atoms with van der Waals surface area (Å²) >= 11 is 0. The van der Waals surface area contributed by atoms with Crippen molar-refractivity contribution in [2.24, 2.45) is 11.5 Å². The first kappa shape index (κ1) is 21.2. The van der Waals surface area contributed by atoms with Crippen LogP contribution < -0.4 is 11.5 Å². The van der Waals surface area contributed by atoms with Crippen LogP contribution in [0, 0.1) is 0 Å². The van der Waals surface area contributed by atoms with E-state index in [0.29, 0.717) is 39.5 Å². The van der Waals surface area contributed by atoms with Gasteiger partial charge in [0.25, 0.3) is 0 Å². The van der Waals surface area contributed by atoms with Gasteiger partial charge in [0, 0.05) is 45.8 Å². The molecule has 6 nitrogen and oxygen atoms in total. The first-order chi connectivity index (χ1) is 6.83. The standard InChI is InChI=1S/2C4H11NO2.Y/c2*5-1-3-7-4-2-6;/h2*6H,1-5H2;. The Balaban J connectivity index is -0.000000180. The molecule has 15 heavy (non-hydrogen) atoms. The van der Waals surface area contributed by atoms with E-state index in [0.717, 1.165) is 0 Å². The zero-order valence-corrected chi connectivity index (χ0v) is 11.9. The van der Waals surface area contributed by atoms with Gasteiger partial charge in [-0.2, -0.15) is 0 Å². The van der Waals surface area contributed by atoms with Crippen LogP contribution in [0.2, 0.25) is 0 Å². The average Bonchev–Trinajstić information content (AvgIpc) is 2.21. The van der Waals surface area contributed by atoms with Gasteiger partial charge in [-0.1, -0.05) is 0 Å². The third-order valence-corrected chi connectivity index (χ3v) is 0.996. The molecule has 1 radical (unpaired) electrons. The molecule has 0 aliphatic rings. The molecule has 0 aromatic heterocycles. The molecule has 0 amide bonds. The summed E-state index contributed by atoms with van der Waals surface area (Å²) in [5.41, 5.74) is 10.1. The largest absolute Gasteiger partial charge is 0.394 e. The van der Waals surface area contributed by atoms with Gasteiger partial charge in [-0.3, -0.25) is 0 Å². The van der Waals surface area contributed by atoms with E-state index < -0.39 is 0 Å². The van der Waals surface area contributed by atoms with Crippen LogP contribution in [0.5, 0.6) is 0 Å². The number of rotatable bonds is 8. The zero-order chi connectivity index (χ0) is 11.1. The molecule has 0 atom stereocenters. The molecule has 0 unspecified atom stereocenters. The maximum absolute atomic E-state index is 8.13. The Labute approximate surface area is 116 Å². The van der Waals surface area contributed by atoms with Gasteiger partial charge in [-0.15, -0.1) is 0 Å². The van der Waals surface area contributed by atoms with Gasteiger partial charge in [0.05, 0.1) is 39.6 Å². The fourth-order valence-electron chi connectivity index (χ4n) is 0.500. The monoisotopic (exact) mass is 299 g/mol. The quantitative estimate of drug-likeness (QED) is 0.382. The molecule has 91 valence electrons. The summed E-state index contributed by atoms with van der Waals surface area (Å²) < 4.78 is 9.51. The van der Waals surface area contributed by atoms with E-state index in [2.05, 4.69) is 0 Å². The molecular weight excluding hydrogens is 277 g/mol. The smallest absolute Gasteiger partial charge is 0.0698 e. The number of hydrogen-bond donors (Lipinski definition) is 4. The molecule has 0 fully saturated rings. The Hall–Kier alpha value is 0.864. The van der Waals surface area contributed by atoms with Crippen molar-refractivity contribution in [2.75, 3.05) is 52.7 Å². The van der Waals surface area contributed by atoms with Crippen LogP contribution in [0.3, 0.4) is 0 Å². The van der Waals surface area contributed by atoms with Gasteiger partial charge < -0.3 is 31.2 Å². The molecule has 0 aliphatic carbocycles. The van der Waals surface area contributed by atoms with Crippen LogP contribution in [-0.2, 0) is 42.2 Å². The van der Waals surface area contributed by atoms with Crippen molar-refractivity contribution < 1.29 is 52.4 Å². The molecule has 0 saturated carbocycles. The molecule has 7 heteroatoms. The van der Waals surface area contributed by atoms with Crippen molar-refractivity contribution in [3.63, 3.8) is 0 Å². The first-order valence-electron chi connectivity index (χ1n) is 4.60. The molecule has 0 aromatic carbocycles. The Bertz CT molecular complexity index is 73.0. The molecule has 0 bridgehead atoms. The second kappa shape index (κ2) is 24.2. The number of nitrogens with two attached hydrogens (primary N) is 2. The molecule has 0 rings (SSSR count). The van der Waals surface area contributed by atoms with Gasteiger partial charge in [0.15, 0.2) is 0 Å². The van der Waals surface area contributed by atoms with E-state index >= 15 is 0 Å². The predicted molar refractivity (Wildman–Crippen MR) is 53.9 cm³/mol. The number of aliphatic hydroxyl groups excluding tert-OH is 2. The zero-order valence-electron chi connectivity index (χ0n) is 9.10. The number of hydrogen-bond acceptors (Lipinski definition) is 6. The third kappa shape index (κ3) is 31.3. The summed E-state index contributed by atoms with van der Waals surface area (Å²) in [5, 5.41) is 16.3. The van der Waals surface area contributed by atoms with Crippen molar-refractivity contribution in [1.82, 2.24) is 0 Å². The van der Waals surface area contributed by atoms with Crippen molar-refractivity contribution >= 4 is 0 Å². The minimum absolute atomic E-state index is 0. The van der Waals surface area contributed by atoms with Crippen LogP contribution >= 0.6 is 0 Å². The van der Waals surface area contributed by atoms with E-state index in [9.17, 15) is 0 Å². The Morgan fingerprint density at radius 2 is 1.07 bits per heavy atom. The van der Waals surface area contributed by atoms with Gasteiger partial charge in [0.2, 0.25) is 0 Å². The summed E-state index contributed by atoms with van der Waals surface area (Å²) in [6.07, 6.45) is 0. The SMILES string of the molecule is NCCOCCO.NCCOCCO.[Y]. The number of aliphatic hydroxyl groups is 2. The molecule has 0 heterocycles. The van der Waals surface area contributed by atoms with Crippen molar-refractivity contribution in [2.45, 2.75) is 0 Å². The van der Waals surface area contributed by atoms with Crippen molar-refractivity contribution in [3.05, 3.63) is 0 Å². The summed E-state index contributed by atoms with van der Waals surface area (Å²) in [6, 6.07) is 0. The van der Waals surface area contributed by atoms with Crippen LogP contribution in [0.4, 0.5) is 0 Å². The summed E-state index contributed by atoms with van der Waals surface area (Å²) in [5.74, 6) is 0. The minimum atomic E-state index is 0. The van der Waals surface area contributed by atoms with Crippen molar-refractivity contribution in [1.29, 1.82) is 0 Å². The van der Waals surface area contributed by atoms with Crippen LogP contribution in [0.25, 0.3) is 0 Å². The van der Waals surface area contributed by atoms with E-state index in [1.165, 1.54) is 0 Å². The van der Waals surface area contributed by atoms with Gasteiger partial charge in [0.1, 0.15) is 0 Å². The van der Waals surface area contributed by atoms with Crippen LogP contribution in [-0.4, -0.2) is 62.9 Å². The normalized spacial score (nSPS) is 8.80. The molecular formula is C8H22N2O4Y. The fraction of sp³-hybridized carbons (Fsp3) is 1.00. The second-order valence-corrected chi connectivity index (χ2v) is 2.25. The third-order valence-electron chi connectivity index (χ3n) is 0.996. The summed E-state index contributed by atoms with van der Waals surface area (Å²) in [6.45, 7) is 3.11. The van der Waals surface area contributed by atoms with Gasteiger partial charge in [-0.25, -0.2) is 0 Å². The van der Waals surface area contributed by atoms with Gasteiger partial charge >= 0.3 is 0 Å². The Kier molecular flexibility index (Phi) is 34.2. The van der Waals surface area contributed by atoms with E-state index in [-0.39, 0.29) is 45.9 Å². The molecule has 0 spiro atoms. The fourth-order valence-corrected chi connectivity index (χ4v) is 0.500. The summed E-state index contributed by atoms with van der Waals surface area (Å²) in [7, 11) is 0. The first-order valence-corrected chi connectivity index (χ1v) is 4.60.